The van der Waals surface area contributed by atoms with E-state index >= 15 is 0 Å². The molecule has 0 radical (unpaired) electrons. The number of aryl methyl sites for hydroxylation is 3. The Hall–Kier alpha value is -2.56. The Morgan fingerprint density at radius 2 is 1.78 bits per heavy atom. The van der Waals surface area contributed by atoms with Crippen LogP contribution in [0.5, 0.6) is 5.75 Å². The van der Waals surface area contributed by atoms with Crippen molar-refractivity contribution in [1.29, 1.82) is 0 Å². The van der Waals surface area contributed by atoms with Crippen molar-refractivity contribution in [1.82, 2.24) is 0 Å². The van der Waals surface area contributed by atoms with E-state index in [0.29, 0.717) is 18.7 Å². The molecule has 1 aromatic heterocycles. The first kappa shape index (κ1) is 22.6. The number of methoxy groups -OCH3 is 1. The summed E-state index contributed by atoms with van der Waals surface area (Å²) in [6, 6.07) is 11.6. The first-order valence-electron chi connectivity index (χ1n) is 10.0. The van der Waals surface area contributed by atoms with Crippen molar-refractivity contribution in [2.45, 2.75) is 35.8 Å². The lowest BCUT2D eigenvalue weighted by atomic mass is 10.0. The lowest BCUT2D eigenvalue weighted by Gasteiger charge is -2.30. The second kappa shape index (κ2) is 8.42. The van der Waals surface area contributed by atoms with Gasteiger partial charge < -0.3 is 4.74 Å². The van der Waals surface area contributed by atoms with Crippen LogP contribution in [0, 0.1) is 13.8 Å². The molecule has 10 heteroatoms. The van der Waals surface area contributed by atoms with Crippen molar-refractivity contribution in [2.75, 3.05) is 22.7 Å². The Balaban J connectivity index is 1.73. The minimum absolute atomic E-state index is 0.0314. The normalized spacial score (nSPS) is 14.2. The number of anilines is 2. The van der Waals surface area contributed by atoms with Crippen molar-refractivity contribution in [3.8, 4) is 5.75 Å². The molecule has 32 heavy (non-hydrogen) atoms. The molecule has 1 aliphatic heterocycles. The van der Waals surface area contributed by atoms with Crippen LogP contribution in [0.25, 0.3) is 0 Å². The van der Waals surface area contributed by atoms with Gasteiger partial charge in [-0.2, -0.15) is 0 Å². The summed E-state index contributed by atoms with van der Waals surface area (Å²) in [6.45, 7) is 4.06. The van der Waals surface area contributed by atoms with Crippen molar-refractivity contribution in [3.05, 3.63) is 64.5 Å². The minimum Gasteiger partial charge on any atom is -0.495 e. The number of hydrogen-bond donors (Lipinski definition) is 1. The molecule has 0 fully saturated rings. The van der Waals surface area contributed by atoms with Gasteiger partial charge in [-0.05, 0) is 79.1 Å². The van der Waals surface area contributed by atoms with Crippen LogP contribution < -0.4 is 13.8 Å². The van der Waals surface area contributed by atoms with Crippen LogP contribution in [0.2, 0.25) is 0 Å². The molecule has 0 atom stereocenters. The smallest absolute Gasteiger partial charge is 0.273 e. The van der Waals surface area contributed by atoms with Gasteiger partial charge in [-0.1, -0.05) is 12.1 Å². The van der Waals surface area contributed by atoms with E-state index in [4.69, 9.17) is 4.74 Å². The molecule has 0 unspecified atom stereocenters. The number of fused-ring (bicyclic) bond motifs is 1. The number of benzene rings is 2. The summed E-state index contributed by atoms with van der Waals surface area (Å²) in [5, 5.41) is 1.72. The summed E-state index contributed by atoms with van der Waals surface area (Å²) in [5.41, 5.74) is 3.39. The fourth-order valence-electron chi connectivity index (χ4n) is 3.72. The molecule has 1 N–H and O–H groups in total. The minimum atomic E-state index is -3.96. The average Bonchev–Trinajstić information content (AvgIpc) is 3.30. The largest absolute Gasteiger partial charge is 0.495 e. The van der Waals surface area contributed by atoms with Gasteiger partial charge in [0.1, 0.15) is 14.9 Å². The number of nitrogens with zero attached hydrogens (tertiary/aromatic N) is 1. The van der Waals surface area contributed by atoms with Crippen molar-refractivity contribution in [3.63, 3.8) is 0 Å². The molecular formula is C22H24N2O5S3. The van der Waals surface area contributed by atoms with Gasteiger partial charge in [-0.15, -0.1) is 11.3 Å². The Kier molecular flexibility index (Phi) is 5.95. The molecule has 0 aliphatic carbocycles. The predicted octanol–water partition coefficient (Wildman–Crippen LogP) is 4.32. The van der Waals surface area contributed by atoms with E-state index in [1.54, 1.807) is 47.8 Å². The summed E-state index contributed by atoms with van der Waals surface area (Å²) >= 11 is 1.16. The Morgan fingerprint density at radius 3 is 2.47 bits per heavy atom. The number of thiophene rings is 1. The van der Waals surface area contributed by atoms with Crippen molar-refractivity contribution in [2.24, 2.45) is 0 Å². The third kappa shape index (κ3) is 4.10. The van der Waals surface area contributed by atoms with Gasteiger partial charge in [-0.25, -0.2) is 16.8 Å². The van der Waals surface area contributed by atoms with Crippen LogP contribution in [0.4, 0.5) is 11.4 Å². The van der Waals surface area contributed by atoms with Crippen molar-refractivity contribution >= 4 is 42.8 Å². The number of rotatable bonds is 6. The van der Waals surface area contributed by atoms with Crippen LogP contribution in [0.3, 0.4) is 0 Å². The molecule has 0 amide bonds. The van der Waals surface area contributed by atoms with Crippen LogP contribution >= 0.6 is 11.3 Å². The fourth-order valence-corrected chi connectivity index (χ4v) is 7.64. The number of nitrogens with one attached hydrogen (secondary N) is 1. The Labute approximate surface area is 192 Å². The summed E-state index contributed by atoms with van der Waals surface area (Å²) < 4.78 is 62.1. The summed E-state index contributed by atoms with van der Waals surface area (Å²) in [6.07, 6.45) is 1.42. The molecule has 4 rings (SSSR count). The fraction of sp³-hybridized carbons (Fsp3) is 0.273. The maximum Gasteiger partial charge on any atom is 0.273 e. The van der Waals surface area contributed by atoms with E-state index in [2.05, 4.69) is 4.72 Å². The highest BCUT2D eigenvalue weighted by atomic mass is 32.2. The zero-order valence-corrected chi connectivity index (χ0v) is 20.4. The molecule has 1 aliphatic rings. The van der Waals surface area contributed by atoms with Gasteiger partial charge in [0, 0.05) is 6.54 Å². The summed E-state index contributed by atoms with van der Waals surface area (Å²) in [5.74, 6) is 0.250. The highest BCUT2D eigenvalue weighted by Gasteiger charge is 2.30. The molecule has 2 aromatic carbocycles. The molecular weight excluding hydrogens is 468 g/mol. The van der Waals surface area contributed by atoms with Gasteiger partial charge >= 0.3 is 0 Å². The maximum absolute atomic E-state index is 13.2. The first-order valence-corrected chi connectivity index (χ1v) is 13.8. The van der Waals surface area contributed by atoms with Gasteiger partial charge in [0.25, 0.3) is 20.0 Å². The van der Waals surface area contributed by atoms with Gasteiger partial charge in [-0.3, -0.25) is 9.03 Å². The topological polar surface area (TPSA) is 92.8 Å². The standard InChI is InChI=1S/C22H24N2O5S3/c1-15-12-20(29-3)21(13-16(15)2)31(25,26)23-18-9-8-17-6-4-10-24(19(17)14-18)32(27,28)22-7-5-11-30-22/h5,7-9,11-14,23H,4,6,10H2,1-3H3. The second-order valence-electron chi connectivity index (χ2n) is 7.65. The molecule has 0 spiro atoms. The first-order chi connectivity index (χ1) is 15.1. The van der Waals surface area contributed by atoms with Gasteiger partial charge in [0.2, 0.25) is 0 Å². The van der Waals surface area contributed by atoms with Crippen molar-refractivity contribution < 1.29 is 21.6 Å². The summed E-state index contributed by atoms with van der Waals surface area (Å²) in [7, 11) is -6.24. The predicted molar refractivity (Wildman–Crippen MR) is 127 cm³/mol. The van der Waals surface area contributed by atoms with Crippen LogP contribution in [0.15, 0.2) is 56.9 Å². The monoisotopic (exact) mass is 492 g/mol. The summed E-state index contributed by atoms with van der Waals surface area (Å²) in [4.78, 5) is 0.0314. The molecule has 7 nitrogen and oxygen atoms in total. The number of sulfonamides is 2. The molecule has 3 aromatic rings. The van der Waals surface area contributed by atoms with Crippen LogP contribution in [-0.4, -0.2) is 30.5 Å². The van der Waals surface area contributed by atoms with E-state index < -0.39 is 20.0 Å². The molecule has 170 valence electrons. The van der Waals surface area contributed by atoms with Gasteiger partial charge in [0.05, 0.1) is 18.5 Å². The Bertz CT molecular complexity index is 1360. The number of hydrogen-bond acceptors (Lipinski definition) is 6. The molecule has 0 saturated heterocycles. The maximum atomic E-state index is 13.2. The van der Waals surface area contributed by atoms with E-state index in [0.717, 1.165) is 34.4 Å². The average molecular weight is 493 g/mol. The van der Waals surface area contributed by atoms with Crippen LogP contribution in [0.1, 0.15) is 23.1 Å². The molecule has 0 bridgehead atoms. The quantitative estimate of drug-likeness (QED) is 0.553. The Morgan fingerprint density at radius 1 is 1.03 bits per heavy atom. The highest BCUT2D eigenvalue weighted by molar-refractivity contribution is 7.94. The van der Waals surface area contributed by atoms with Crippen LogP contribution in [-0.2, 0) is 26.5 Å². The lowest BCUT2D eigenvalue weighted by Crippen LogP contribution is -2.35. The third-order valence-corrected chi connectivity index (χ3v) is 10.1. The van der Waals surface area contributed by atoms with E-state index in [-0.39, 0.29) is 20.5 Å². The van der Waals surface area contributed by atoms with E-state index in [1.165, 1.54) is 11.4 Å². The SMILES string of the molecule is COc1cc(C)c(C)cc1S(=O)(=O)Nc1ccc2c(c1)N(S(=O)(=O)c1cccs1)CCC2. The number of ether oxygens (including phenoxy) is 1. The molecule has 0 saturated carbocycles. The zero-order valence-electron chi connectivity index (χ0n) is 18.0. The van der Waals surface area contributed by atoms with E-state index in [9.17, 15) is 16.8 Å². The third-order valence-electron chi connectivity index (χ3n) is 5.52. The second-order valence-corrected chi connectivity index (χ2v) is 12.3. The lowest BCUT2D eigenvalue weighted by molar-refractivity contribution is 0.402. The molecule has 2 heterocycles. The van der Waals surface area contributed by atoms with Gasteiger partial charge in [0.15, 0.2) is 0 Å². The van der Waals surface area contributed by atoms with E-state index in [1.807, 2.05) is 13.8 Å². The zero-order chi connectivity index (χ0) is 23.1. The highest BCUT2D eigenvalue weighted by Crippen LogP contribution is 2.36.